The van der Waals surface area contributed by atoms with E-state index >= 15 is 0 Å². The summed E-state index contributed by atoms with van der Waals surface area (Å²) in [7, 11) is 0. The molecule has 0 heterocycles. The minimum absolute atomic E-state index is 0.146. The van der Waals surface area contributed by atoms with Crippen molar-refractivity contribution in [2.75, 3.05) is 5.32 Å². The number of benzene rings is 1. The van der Waals surface area contributed by atoms with Crippen molar-refractivity contribution in [2.45, 2.75) is 44.5 Å². The van der Waals surface area contributed by atoms with E-state index in [4.69, 9.17) is 0 Å². The Hall–Kier alpha value is -1.23. The van der Waals surface area contributed by atoms with Crippen LogP contribution in [0.5, 0.6) is 0 Å². The molecule has 0 unspecified atom stereocenters. The van der Waals surface area contributed by atoms with Gasteiger partial charge in [0.25, 0.3) is 0 Å². The molecular weight excluding hydrogens is 243 g/mol. The molecule has 2 rings (SSSR count). The van der Waals surface area contributed by atoms with Crippen LogP contribution in [-0.2, 0) is 6.18 Å². The van der Waals surface area contributed by atoms with Gasteiger partial charge < -0.3 is 10.4 Å². The monoisotopic (exact) mass is 259 g/mol. The second-order valence-electron chi connectivity index (χ2n) is 4.78. The summed E-state index contributed by atoms with van der Waals surface area (Å²) in [5.41, 5.74) is 0.543. The number of anilines is 1. The highest BCUT2D eigenvalue weighted by molar-refractivity contribution is 5.54. The molecule has 0 radical (unpaired) electrons. The second-order valence-corrected chi connectivity index (χ2v) is 4.78. The van der Waals surface area contributed by atoms with Crippen molar-refractivity contribution < 1.29 is 18.3 Å². The predicted octanol–water partition coefficient (Wildman–Crippen LogP) is 3.34. The highest BCUT2D eigenvalue weighted by Gasteiger charge is 2.31. The minimum atomic E-state index is -4.33. The molecular formula is C13H16F3NO. The summed E-state index contributed by atoms with van der Waals surface area (Å²) in [5, 5.41) is 12.7. The molecule has 1 aliphatic carbocycles. The van der Waals surface area contributed by atoms with Gasteiger partial charge in [-0.1, -0.05) is 6.07 Å². The van der Waals surface area contributed by atoms with E-state index < -0.39 is 17.8 Å². The van der Waals surface area contributed by atoms with E-state index in [0.29, 0.717) is 12.1 Å². The first-order chi connectivity index (χ1) is 8.38. The molecule has 0 spiro atoms. The summed E-state index contributed by atoms with van der Waals surface area (Å²) in [6.45, 7) is 1.75. The number of halogens is 3. The van der Waals surface area contributed by atoms with Crippen LogP contribution in [0.4, 0.5) is 18.9 Å². The maximum Gasteiger partial charge on any atom is 0.416 e. The highest BCUT2D eigenvalue weighted by atomic mass is 19.4. The molecule has 1 aromatic carbocycles. The molecule has 5 heteroatoms. The van der Waals surface area contributed by atoms with Gasteiger partial charge in [0.2, 0.25) is 0 Å². The van der Waals surface area contributed by atoms with Crippen molar-refractivity contribution in [3.05, 3.63) is 29.3 Å². The van der Waals surface area contributed by atoms with Crippen molar-refractivity contribution in [1.29, 1.82) is 0 Å². The molecule has 2 nitrogen and oxygen atoms in total. The van der Waals surface area contributed by atoms with Crippen molar-refractivity contribution in [2.24, 2.45) is 0 Å². The number of alkyl halides is 3. The van der Waals surface area contributed by atoms with Crippen LogP contribution >= 0.6 is 0 Å². The van der Waals surface area contributed by atoms with Crippen LogP contribution in [-0.4, -0.2) is 17.3 Å². The van der Waals surface area contributed by atoms with Crippen LogP contribution in [0.15, 0.2) is 18.2 Å². The molecule has 0 saturated heterocycles. The van der Waals surface area contributed by atoms with Crippen LogP contribution < -0.4 is 5.32 Å². The number of nitrogens with one attached hydrogen (secondary N) is 1. The summed E-state index contributed by atoms with van der Waals surface area (Å²) in [5.74, 6) is 0. The number of aliphatic hydroxyl groups excluding tert-OH is 1. The van der Waals surface area contributed by atoms with Gasteiger partial charge in [-0.05, 0) is 43.9 Å². The molecule has 1 aliphatic rings. The van der Waals surface area contributed by atoms with E-state index in [0.717, 1.165) is 30.5 Å². The Kier molecular flexibility index (Phi) is 3.52. The number of aryl methyl sites for hydroxylation is 1. The zero-order valence-electron chi connectivity index (χ0n) is 10.1. The maximum atomic E-state index is 12.6. The molecule has 2 atom stereocenters. The van der Waals surface area contributed by atoms with Gasteiger partial charge in [0, 0.05) is 5.69 Å². The molecule has 1 saturated carbocycles. The topological polar surface area (TPSA) is 32.3 Å². The van der Waals surface area contributed by atoms with Crippen molar-refractivity contribution in [3.8, 4) is 0 Å². The third-order valence-electron chi connectivity index (χ3n) is 3.39. The molecule has 0 bridgehead atoms. The van der Waals surface area contributed by atoms with Crippen LogP contribution in [0.2, 0.25) is 0 Å². The largest absolute Gasteiger partial charge is 0.416 e. The molecule has 1 aromatic rings. The summed E-state index contributed by atoms with van der Waals surface area (Å²) in [6, 6.07) is 3.49. The van der Waals surface area contributed by atoms with Gasteiger partial charge in [-0.15, -0.1) is 0 Å². The molecule has 1 fully saturated rings. The summed E-state index contributed by atoms with van der Waals surface area (Å²) in [6.07, 6.45) is -2.42. The van der Waals surface area contributed by atoms with Crippen LogP contribution in [0.25, 0.3) is 0 Å². The van der Waals surface area contributed by atoms with Gasteiger partial charge in [-0.25, -0.2) is 0 Å². The number of hydrogen-bond donors (Lipinski definition) is 2. The molecule has 18 heavy (non-hydrogen) atoms. The van der Waals surface area contributed by atoms with Crippen molar-refractivity contribution in [1.82, 2.24) is 0 Å². The number of hydrogen-bond acceptors (Lipinski definition) is 2. The van der Waals surface area contributed by atoms with Gasteiger partial charge in [0.15, 0.2) is 0 Å². The molecule has 0 aromatic heterocycles. The Balaban J connectivity index is 2.21. The lowest BCUT2D eigenvalue weighted by Crippen LogP contribution is -2.28. The Morgan fingerprint density at radius 1 is 1.28 bits per heavy atom. The van der Waals surface area contributed by atoms with Crippen LogP contribution in [0.3, 0.4) is 0 Å². The lowest BCUT2D eigenvalue weighted by Gasteiger charge is -2.20. The van der Waals surface area contributed by atoms with Crippen LogP contribution in [0.1, 0.15) is 30.4 Å². The highest BCUT2D eigenvalue weighted by Crippen LogP contribution is 2.33. The van der Waals surface area contributed by atoms with Gasteiger partial charge in [-0.2, -0.15) is 13.2 Å². The molecule has 2 N–H and O–H groups in total. The van der Waals surface area contributed by atoms with E-state index in [1.54, 1.807) is 6.92 Å². The van der Waals surface area contributed by atoms with Gasteiger partial charge in [0.05, 0.1) is 17.7 Å². The normalized spacial score (nSPS) is 24.3. The average molecular weight is 259 g/mol. The Labute approximate surface area is 104 Å². The second kappa shape index (κ2) is 4.80. The summed E-state index contributed by atoms with van der Waals surface area (Å²) in [4.78, 5) is 0. The van der Waals surface area contributed by atoms with E-state index in [9.17, 15) is 18.3 Å². The zero-order chi connectivity index (χ0) is 13.3. The standard InChI is InChI=1S/C13H16F3NO/c1-8-5-6-9(13(14,15)16)7-11(8)17-10-3-2-4-12(10)18/h5-7,10,12,17-18H,2-4H2,1H3/t10-,12-/m1/s1. The predicted molar refractivity (Wildman–Crippen MR) is 63.4 cm³/mol. The first-order valence-electron chi connectivity index (χ1n) is 6.00. The van der Waals surface area contributed by atoms with Gasteiger partial charge >= 0.3 is 6.18 Å². The quantitative estimate of drug-likeness (QED) is 0.853. The van der Waals surface area contributed by atoms with Gasteiger partial charge in [0.1, 0.15) is 0 Å². The fraction of sp³-hybridized carbons (Fsp3) is 0.538. The van der Waals surface area contributed by atoms with Crippen LogP contribution in [0, 0.1) is 6.92 Å². The lowest BCUT2D eigenvalue weighted by molar-refractivity contribution is -0.137. The average Bonchev–Trinajstić information content (AvgIpc) is 2.66. The Morgan fingerprint density at radius 2 is 2.00 bits per heavy atom. The Bertz CT molecular complexity index is 431. The number of aliphatic hydroxyl groups is 1. The first kappa shape index (κ1) is 13.2. The fourth-order valence-electron chi connectivity index (χ4n) is 2.26. The smallest absolute Gasteiger partial charge is 0.391 e. The Morgan fingerprint density at radius 3 is 2.56 bits per heavy atom. The van der Waals surface area contributed by atoms with Crippen molar-refractivity contribution >= 4 is 5.69 Å². The fourth-order valence-corrected chi connectivity index (χ4v) is 2.26. The summed E-state index contributed by atoms with van der Waals surface area (Å²) >= 11 is 0. The van der Waals surface area contributed by atoms with E-state index in [1.165, 1.54) is 6.07 Å². The van der Waals surface area contributed by atoms with E-state index in [1.807, 2.05) is 0 Å². The van der Waals surface area contributed by atoms with Gasteiger partial charge in [-0.3, -0.25) is 0 Å². The lowest BCUT2D eigenvalue weighted by atomic mass is 10.1. The SMILES string of the molecule is Cc1ccc(C(F)(F)F)cc1N[C@@H]1CCC[C@H]1O. The molecule has 0 amide bonds. The minimum Gasteiger partial charge on any atom is -0.391 e. The maximum absolute atomic E-state index is 12.6. The number of rotatable bonds is 2. The molecule has 0 aliphatic heterocycles. The van der Waals surface area contributed by atoms with E-state index in [2.05, 4.69) is 5.32 Å². The third-order valence-corrected chi connectivity index (χ3v) is 3.39. The third kappa shape index (κ3) is 2.77. The van der Waals surface area contributed by atoms with Crippen molar-refractivity contribution in [3.63, 3.8) is 0 Å². The molecule has 100 valence electrons. The van der Waals surface area contributed by atoms with E-state index in [-0.39, 0.29) is 6.04 Å². The summed E-state index contributed by atoms with van der Waals surface area (Å²) < 4.78 is 37.8. The first-order valence-corrected chi connectivity index (χ1v) is 6.00. The zero-order valence-corrected chi connectivity index (χ0v) is 10.1.